The summed E-state index contributed by atoms with van der Waals surface area (Å²) in [6.45, 7) is 5.43. The van der Waals surface area contributed by atoms with Crippen molar-refractivity contribution in [2.75, 3.05) is 19.0 Å². The lowest BCUT2D eigenvalue weighted by Crippen LogP contribution is -2.27. The number of thiazole rings is 1. The molecule has 0 aliphatic rings. The van der Waals surface area contributed by atoms with Crippen LogP contribution in [0.25, 0.3) is 0 Å². The van der Waals surface area contributed by atoms with E-state index in [0.717, 1.165) is 11.7 Å². The molecule has 1 heterocycles. The van der Waals surface area contributed by atoms with E-state index in [4.69, 9.17) is 0 Å². The van der Waals surface area contributed by atoms with Crippen molar-refractivity contribution in [1.82, 2.24) is 10.3 Å². The summed E-state index contributed by atoms with van der Waals surface area (Å²) in [5.41, 5.74) is 0. The summed E-state index contributed by atoms with van der Waals surface area (Å²) >= 11 is 1.76. The van der Waals surface area contributed by atoms with Gasteiger partial charge in [-0.3, -0.25) is 0 Å². The second-order valence-corrected chi connectivity index (χ2v) is 5.37. The molecule has 0 aliphatic heterocycles. The largest absolute Gasteiger partial charge is 0.354 e. The molecule has 1 aromatic heterocycles. The van der Waals surface area contributed by atoms with Gasteiger partial charge >= 0.3 is 0 Å². The molecule has 0 amide bonds. The van der Waals surface area contributed by atoms with Gasteiger partial charge < -0.3 is 10.2 Å². The first-order chi connectivity index (χ1) is 7.67. The van der Waals surface area contributed by atoms with Crippen molar-refractivity contribution in [2.24, 2.45) is 0 Å². The van der Waals surface area contributed by atoms with Gasteiger partial charge in [0.25, 0.3) is 0 Å². The fourth-order valence-electron chi connectivity index (χ4n) is 1.63. The van der Waals surface area contributed by atoms with Crippen LogP contribution in [-0.4, -0.2) is 25.1 Å². The van der Waals surface area contributed by atoms with E-state index < -0.39 is 0 Å². The molecule has 0 bridgehead atoms. The maximum Gasteiger partial charge on any atom is 0.185 e. The zero-order valence-electron chi connectivity index (χ0n) is 10.8. The Morgan fingerprint density at radius 1 is 1.44 bits per heavy atom. The van der Waals surface area contributed by atoms with Crippen LogP contribution in [0.2, 0.25) is 0 Å². The average Bonchev–Trinajstić information content (AvgIpc) is 2.73. The van der Waals surface area contributed by atoms with Crippen molar-refractivity contribution >= 4 is 16.5 Å². The van der Waals surface area contributed by atoms with Crippen LogP contribution in [0, 0.1) is 0 Å². The molecule has 1 unspecified atom stereocenters. The maximum atomic E-state index is 4.37. The van der Waals surface area contributed by atoms with Crippen molar-refractivity contribution in [3.63, 3.8) is 0 Å². The van der Waals surface area contributed by atoms with E-state index in [1.807, 2.05) is 20.3 Å². The molecular formula is C12H23N3S. The van der Waals surface area contributed by atoms with Crippen LogP contribution < -0.4 is 10.2 Å². The lowest BCUT2D eigenvalue weighted by Gasteiger charge is -2.14. The van der Waals surface area contributed by atoms with Gasteiger partial charge in [-0.1, -0.05) is 20.3 Å². The van der Waals surface area contributed by atoms with Gasteiger partial charge in [0.1, 0.15) is 0 Å². The minimum Gasteiger partial charge on any atom is -0.354 e. The summed E-state index contributed by atoms with van der Waals surface area (Å²) in [7, 11) is 4.06. The Labute approximate surface area is 103 Å². The van der Waals surface area contributed by atoms with Crippen LogP contribution in [-0.2, 0) is 6.54 Å². The van der Waals surface area contributed by atoms with Gasteiger partial charge in [0, 0.05) is 37.8 Å². The van der Waals surface area contributed by atoms with Gasteiger partial charge in [0.15, 0.2) is 5.13 Å². The second-order valence-electron chi connectivity index (χ2n) is 4.28. The van der Waals surface area contributed by atoms with Crippen LogP contribution in [0.3, 0.4) is 0 Å². The molecule has 0 fully saturated rings. The lowest BCUT2D eigenvalue weighted by atomic mass is 10.1. The zero-order chi connectivity index (χ0) is 12.0. The Kier molecular flexibility index (Phi) is 5.77. The number of hydrogen-bond donors (Lipinski definition) is 1. The standard InChI is InChI=1S/C12H23N3S/c1-5-7-10(6-2)13-8-11-9-14-12(16-11)15(3)4/h9-10,13H,5-8H2,1-4H3. The molecule has 0 spiro atoms. The van der Waals surface area contributed by atoms with Crippen LogP contribution in [0.1, 0.15) is 38.0 Å². The van der Waals surface area contributed by atoms with E-state index in [9.17, 15) is 0 Å². The predicted molar refractivity (Wildman–Crippen MR) is 72.3 cm³/mol. The smallest absolute Gasteiger partial charge is 0.185 e. The molecule has 0 aliphatic carbocycles. The topological polar surface area (TPSA) is 28.2 Å². The quantitative estimate of drug-likeness (QED) is 0.795. The summed E-state index contributed by atoms with van der Waals surface area (Å²) in [4.78, 5) is 7.74. The van der Waals surface area contributed by atoms with Gasteiger partial charge in [0.2, 0.25) is 0 Å². The van der Waals surface area contributed by atoms with Crippen LogP contribution in [0.5, 0.6) is 0 Å². The Balaban J connectivity index is 2.41. The second kappa shape index (κ2) is 6.86. The molecule has 0 aromatic carbocycles. The Hall–Kier alpha value is -0.610. The van der Waals surface area contributed by atoms with Gasteiger partial charge in [-0.2, -0.15) is 0 Å². The molecule has 0 saturated carbocycles. The van der Waals surface area contributed by atoms with E-state index in [-0.39, 0.29) is 0 Å². The fourth-order valence-corrected chi connectivity index (χ4v) is 2.41. The molecule has 0 saturated heterocycles. The predicted octanol–water partition coefficient (Wildman–Crippen LogP) is 2.88. The molecule has 0 radical (unpaired) electrons. The van der Waals surface area contributed by atoms with Gasteiger partial charge in [-0.05, 0) is 12.8 Å². The van der Waals surface area contributed by atoms with E-state index in [1.54, 1.807) is 11.3 Å². The third-order valence-electron chi connectivity index (χ3n) is 2.62. The SMILES string of the molecule is CCCC(CC)NCc1cnc(N(C)C)s1. The summed E-state index contributed by atoms with van der Waals surface area (Å²) < 4.78 is 0. The number of rotatable bonds is 7. The first kappa shape index (κ1) is 13.5. The molecule has 4 heteroatoms. The maximum absolute atomic E-state index is 4.37. The van der Waals surface area contributed by atoms with Gasteiger partial charge in [0.05, 0.1) is 0 Å². The number of hydrogen-bond acceptors (Lipinski definition) is 4. The number of nitrogens with zero attached hydrogens (tertiary/aromatic N) is 2. The van der Waals surface area contributed by atoms with Crippen LogP contribution in [0.15, 0.2) is 6.20 Å². The number of nitrogens with one attached hydrogen (secondary N) is 1. The van der Waals surface area contributed by atoms with Crippen molar-refractivity contribution in [1.29, 1.82) is 0 Å². The highest BCUT2D eigenvalue weighted by molar-refractivity contribution is 7.15. The molecule has 1 atom stereocenters. The molecule has 92 valence electrons. The van der Waals surface area contributed by atoms with Crippen LogP contribution in [0.4, 0.5) is 5.13 Å². The minimum absolute atomic E-state index is 0.648. The van der Waals surface area contributed by atoms with Crippen molar-refractivity contribution in [3.8, 4) is 0 Å². The summed E-state index contributed by atoms with van der Waals surface area (Å²) in [5.74, 6) is 0. The van der Waals surface area contributed by atoms with E-state index >= 15 is 0 Å². The monoisotopic (exact) mass is 241 g/mol. The number of anilines is 1. The molecule has 1 aromatic rings. The molecule has 1 rings (SSSR count). The molecular weight excluding hydrogens is 218 g/mol. The average molecular weight is 241 g/mol. The molecule has 16 heavy (non-hydrogen) atoms. The lowest BCUT2D eigenvalue weighted by molar-refractivity contribution is 0.464. The van der Waals surface area contributed by atoms with E-state index in [0.29, 0.717) is 6.04 Å². The summed E-state index contributed by atoms with van der Waals surface area (Å²) in [6, 6.07) is 0.648. The van der Waals surface area contributed by atoms with E-state index in [1.165, 1.54) is 24.1 Å². The minimum atomic E-state index is 0.648. The van der Waals surface area contributed by atoms with Crippen molar-refractivity contribution in [2.45, 2.75) is 45.7 Å². The first-order valence-corrected chi connectivity index (χ1v) is 6.84. The van der Waals surface area contributed by atoms with E-state index in [2.05, 4.69) is 29.0 Å². The van der Waals surface area contributed by atoms with Gasteiger partial charge in [-0.25, -0.2) is 4.98 Å². The zero-order valence-corrected chi connectivity index (χ0v) is 11.6. The molecule has 1 N–H and O–H groups in total. The molecule has 3 nitrogen and oxygen atoms in total. The Morgan fingerprint density at radius 2 is 2.19 bits per heavy atom. The third kappa shape index (κ3) is 4.10. The number of aromatic nitrogens is 1. The summed E-state index contributed by atoms with van der Waals surface area (Å²) in [6.07, 6.45) is 5.69. The Bertz CT molecular complexity index is 296. The Morgan fingerprint density at radius 3 is 2.69 bits per heavy atom. The third-order valence-corrected chi connectivity index (χ3v) is 3.78. The summed E-state index contributed by atoms with van der Waals surface area (Å²) in [5, 5.41) is 4.67. The first-order valence-electron chi connectivity index (χ1n) is 6.02. The fraction of sp³-hybridized carbons (Fsp3) is 0.750. The highest BCUT2D eigenvalue weighted by Crippen LogP contribution is 2.20. The van der Waals surface area contributed by atoms with Crippen molar-refractivity contribution < 1.29 is 0 Å². The highest BCUT2D eigenvalue weighted by atomic mass is 32.1. The highest BCUT2D eigenvalue weighted by Gasteiger charge is 2.07. The normalized spacial score (nSPS) is 12.8. The van der Waals surface area contributed by atoms with Gasteiger partial charge in [-0.15, -0.1) is 11.3 Å². The van der Waals surface area contributed by atoms with Crippen LogP contribution >= 0.6 is 11.3 Å². The van der Waals surface area contributed by atoms with Crippen molar-refractivity contribution in [3.05, 3.63) is 11.1 Å².